The van der Waals surface area contributed by atoms with Crippen LogP contribution in [-0.2, 0) is 4.79 Å². The number of methoxy groups -OCH3 is 1. The van der Waals surface area contributed by atoms with Gasteiger partial charge in [-0.2, -0.15) is 5.26 Å². The number of carbonyl (C=O) groups excluding carboxylic acids is 1. The second-order valence-corrected chi connectivity index (χ2v) is 3.18. The Morgan fingerprint density at radius 2 is 2.31 bits per heavy atom. The maximum atomic E-state index is 11.0. The third kappa shape index (κ3) is 3.14. The molecule has 0 aliphatic rings. The van der Waals surface area contributed by atoms with Crippen molar-refractivity contribution in [1.29, 1.82) is 5.26 Å². The Morgan fingerprint density at radius 1 is 1.56 bits per heavy atom. The zero-order valence-corrected chi connectivity index (χ0v) is 9.15. The number of hydrogen-bond donors (Lipinski definition) is 1. The van der Waals surface area contributed by atoms with Crippen molar-refractivity contribution in [3.05, 3.63) is 35.4 Å². The first-order chi connectivity index (χ1) is 7.67. The highest BCUT2D eigenvalue weighted by molar-refractivity contribution is 5.93. The molecular formula is C12H12N2O2. The number of nitrogens with one attached hydrogen (secondary N) is 1. The molecule has 1 N–H and O–H groups in total. The maximum Gasteiger partial charge on any atom is 0.256 e. The number of benzene rings is 1. The third-order valence-electron chi connectivity index (χ3n) is 1.98. The summed E-state index contributed by atoms with van der Waals surface area (Å²) >= 11 is 0. The van der Waals surface area contributed by atoms with Gasteiger partial charge in [-0.3, -0.25) is 10.1 Å². The van der Waals surface area contributed by atoms with Crippen molar-refractivity contribution in [2.75, 3.05) is 7.11 Å². The fraction of sp³-hybridized carbons (Fsp3) is 0.167. The molecule has 1 aromatic carbocycles. The molecule has 4 heteroatoms. The minimum Gasteiger partial charge on any atom is -0.496 e. The molecule has 1 aromatic rings. The van der Waals surface area contributed by atoms with E-state index in [-0.39, 0.29) is 0 Å². The highest BCUT2D eigenvalue weighted by Gasteiger charge is 2.00. The van der Waals surface area contributed by atoms with E-state index < -0.39 is 5.91 Å². The van der Waals surface area contributed by atoms with Gasteiger partial charge in [-0.15, -0.1) is 0 Å². The molecule has 4 nitrogen and oxygen atoms in total. The van der Waals surface area contributed by atoms with E-state index in [1.807, 2.05) is 30.4 Å². The van der Waals surface area contributed by atoms with Crippen LogP contribution in [-0.4, -0.2) is 13.0 Å². The first-order valence-electron chi connectivity index (χ1n) is 4.69. The van der Waals surface area contributed by atoms with E-state index in [0.29, 0.717) is 5.75 Å². The molecule has 1 rings (SSSR count). The second-order valence-electron chi connectivity index (χ2n) is 3.18. The number of amides is 1. The van der Waals surface area contributed by atoms with Crippen molar-refractivity contribution in [2.45, 2.75) is 6.92 Å². The van der Waals surface area contributed by atoms with Crippen molar-refractivity contribution in [1.82, 2.24) is 5.32 Å². The molecule has 0 saturated heterocycles. The fourth-order valence-electron chi connectivity index (χ4n) is 1.25. The number of hydrogen-bond acceptors (Lipinski definition) is 3. The van der Waals surface area contributed by atoms with E-state index >= 15 is 0 Å². The summed E-state index contributed by atoms with van der Waals surface area (Å²) in [6.07, 6.45) is 4.46. The van der Waals surface area contributed by atoms with Gasteiger partial charge in [0.1, 0.15) is 5.75 Å². The summed E-state index contributed by atoms with van der Waals surface area (Å²) in [4.78, 5) is 11.0. The van der Waals surface area contributed by atoms with Crippen molar-refractivity contribution in [3.63, 3.8) is 0 Å². The summed E-state index contributed by atoms with van der Waals surface area (Å²) in [5.41, 5.74) is 1.87. The van der Waals surface area contributed by atoms with Crippen LogP contribution in [0.25, 0.3) is 6.08 Å². The van der Waals surface area contributed by atoms with Gasteiger partial charge >= 0.3 is 0 Å². The van der Waals surface area contributed by atoms with Gasteiger partial charge in [0.2, 0.25) is 0 Å². The molecule has 0 radical (unpaired) electrons. The predicted octanol–water partition coefficient (Wildman–Crippen LogP) is 1.61. The Bertz CT molecular complexity index is 459. The molecule has 0 aliphatic carbocycles. The van der Waals surface area contributed by atoms with E-state index in [1.54, 1.807) is 19.4 Å². The van der Waals surface area contributed by atoms with Crippen LogP contribution in [0.2, 0.25) is 0 Å². The van der Waals surface area contributed by atoms with Crippen LogP contribution in [0, 0.1) is 18.4 Å². The molecule has 0 atom stereocenters. The summed E-state index contributed by atoms with van der Waals surface area (Å²) in [5, 5.41) is 10.2. The number of ether oxygens (including phenoxy) is 1. The molecule has 0 heterocycles. The molecular weight excluding hydrogens is 204 g/mol. The molecule has 0 aliphatic heterocycles. The smallest absolute Gasteiger partial charge is 0.256 e. The van der Waals surface area contributed by atoms with Gasteiger partial charge in [0.25, 0.3) is 5.91 Å². The van der Waals surface area contributed by atoms with Crippen LogP contribution in [0.5, 0.6) is 5.75 Å². The maximum absolute atomic E-state index is 11.0. The highest BCUT2D eigenvalue weighted by Crippen LogP contribution is 2.20. The topological polar surface area (TPSA) is 62.1 Å². The van der Waals surface area contributed by atoms with Crippen molar-refractivity contribution < 1.29 is 9.53 Å². The van der Waals surface area contributed by atoms with Crippen LogP contribution in [0.3, 0.4) is 0 Å². The van der Waals surface area contributed by atoms with E-state index in [0.717, 1.165) is 11.1 Å². The quantitative estimate of drug-likeness (QED) is 0.474. The van der Waals surface area contributed by atoms with Gasteiger partial charge in [0.15, 0.2) is 6.19 Å². The standard InChI is InChI=1S/C12H12N2O2/c1-9-3-5-11(16-2)10(7-9)4-6-12(15)14-8-13/h3-7H,1-2H3,(H,14,15). The lowest BCUT2D eigenvalue weighted by atomic mass is 10.1. The van der Waals surface area contributed by atoms with Crippen LogP contribution >= 0.6 is 0 Å². The molecule has 0 saturated carbocycles. The average molecular weight is 216 g/mol. The van der Waals surface area contributed by atoms with E-state index in [4.69, 9.17) is 10.00 Å². The Hall–Kier alpha value is -2.28. The van der Waals surface area contributed by atoms with Gasteiger partial charge < -0.3 is 4.74 Å². The number of carbonyl (C=O) groups is 1. The molecule has 0 spiro atoms. The largest absolute Gasteiger partial charge is 0.496 e. The van der Waals surface area contributed by atoms with E-state index in [9.17, 15) is 4.79 Å². The zero-order chi connectivity index (χ0) is 12.0. The van der Waals surface area contributed by atoms with E-state index in [2.05, 4.69) is 0 Å². The highest BCUT2D eigenvalue weighted by atomic mass is 16.5. The summed E-state index contributed by atoms with van der Waals surface area (Å²) in [7, 11) is 1.57. The first kappa shape index (κ1) is 11.8. The summed E-state index contributed by atoms with van der Waals surface area (Å²) in [5.74, 6) is 0.234. The van der Waals surface area contributed by atoms with E-state index in [1.165, 1.54) is 6.08 Å². The van der Waals surface area contributed by atoms with Crippen LogP contribution in [0.15, 0.2) is 24.3 Å². The normalized spacial score (nSPS) is 9.81. The lowest BCUT2D eigenvalue weighted by molar-refractivity contribution is -0.115. The molecule has 16 heavy (non-hydrogen) atoms. The van der Waals surface area contributed by atoms with Crippen LogP contribution in [0.1, 0.15) is 11.1 Å². The Kier molecular flexibility index (Phi) is 4.10. The Balaban J connectivity index is 2.92. The number of nitrogens with zero attached hydrogens (tertiary/aromatic N) is 1. The summed E-state index contributed by atoms with van der Waals surface area (Å²) in [6.45, 7) is 1.95. The Morgan fingerprint density at radius 3 is 2.94 bits per heavy atom. The summed E-state index contributed by atoms with van der Waals surface area (Å²) < 4.78 is 5.14. The lowest BCUT2D eigenvalue weighted by Gasteiger charge is -2.05. The van der Waals surface area contributed by atoms with Crippen molar-refractivity contribution in [2.24, 2.45) is 0 Å². The van der Waals surface area contributed by atoms with Gasteiger partial charge in [-0.25, -0.2) is 0 Å². The minimum atomic E-state index is -0.453. The molecule has 0 bridgehead atoms. The molecule has 1 amide bonds. The number of nitriles is 1. The van der Waals surface area contributed by atoms with Crippen molar-refractivity contribution in [3.8, 4) is 11.9 Å². The second kappa shape index (κ2) is 5.56. The molecule has 0 aromatic heterocycles. The van der Waals surface area contributed by atoms with Gasteiger partial charge in [0, 0.05) is 11.6 Å². The minimum absolute atomic E-state index is 0.453. The Labute approximate surface area is 94.1 Å². The van der Waals surface area contributed by atoms with Gasteiger partial charge in [0.05, 0.1) is 7.11 Å². The lowest BCUT2D eigenvalue weighted by Crippen LogP contribution is -2.13. The summed E-state index contributed by atoms with van der Waals surface area (Å²) in [6, 6.07) is 5.65. The third-order valence-corrected chi connectivity index (χ3v) is 1.98. The fourth-order valence-corrected chi connectivity index (χ4v) is 1.25. The van der Waals surface area contributed by atoms with Gasteiger partial charge in [-0.1, -0.05) is 11.6 Å². The molecule has 82 valence electrons. The average Bonchev–Trinajstić information content (AvgIpc) is 2.27. The number of rotatable bonds is 3. The predicted molar refractivity (Wildman–Crippen MR) is 60.5 cm³/mol. The first-order valence-corrected chi connectivity index (χ1v) is 4.69. The van der Waals surface area contributed by atoms with Crippen molar-refractivity contribution >= 4 is 12.0 Å². The zero-order valence-electron chi connectivity index (χ0n) is 9.15. The van der Waals surface area contributed by atoms with Crippen LogP contribution in [0.4, 0.5) is 0 Å². The molecule has 0 fully saturated rings. The monoisotopic (exact) mass is 216 g/mol. The SMILES string of the molecule is COc1ccc(C)cc1C=CC(=O)NC#N. The van der Waals surface area contributed by atoms with Crippen LogP contribution < -0.4 is 10.1 Å². The number of aryl methyl sites for hydroxylation is 1. The molecule has 0 unspecified atom stereocenters. The van der Waals surface area contributed by atoms with Gasteiger partial charge in [-0.05, 0) is 25.1 Å².